The Morgan fingerprint density at radius 3 is 2.59 bits per heavy atom. The number of hydrogen-bond donors (Lipinski definition) is 0. The number of esters is 1. The summed E-state index contributed by atoms with van der Waals surface area (Å²) in [5.74, 6) is -0.928. The second kappa shape index (κ2) is 10.2. The highest BCUT2D eigenvalue weighted by molar-refractivity contribution is 9.10. The molecule has 154 valence electrons. The lowest BCUT2D eigenvalue weighted by Gasteiger charge is -2.29. The van der Waals surface area contributed by atoms with Gasteiger partial charge in [-0.3, -0.25) is 9.59 Å². The van der Waals surface area contributed by atoms with E-state index in [-0.39, 0.29) is 18.3 Å². The van der Waals surface area contributed by atoms with Gasteiger partial charge in [0.25, 0.3) is 0 Å². The molecule has 0 amide bonds. The molecule has 0 aliphatic heterocycles. The highest BCUT2D eigenvalue weighted by Crippen LogP contribution is 2.43. The Labute approximate surface area is 184 Å². The van der Waals surface area contributed by atoms with Gasteiger partial charge in [-0.15, -0.1) is 11.3 Å². The largest absolute Gasteiger partial charge is 0.494 e. The highest BCUT2D eigenvalue weighted by Gasteiger charge is 2.40. The maximum Gasteiger partial charge on any atom is 0.317 e. The molecule has 1 aromatic heterocycles. The van der Waals surface area contributed by atoms with Crippen LogP contribution in [0.25, 0.3) is 5.57 Å². The van der Waals surface area contributed by atoms with E-state index in [0.29, 0.717) is 13.0 Å². The lowest BCUT2D eigenvalue weighted by Crippen LogP contribution is -2.33. The Morgan fingerprint density at radius 1 is 1.21 bits per heavy atom. The second-order valence-electron chi connectivity index (χ2n) is 6.98. The molecule has 29 heavy (non-hydrogen) atoms. The van der Waals surface area contributed by atoms with Crippen LogP contribution in [0.3, 0.4) is 0 Å². The van der Waals surface area contributed by atoms with Crippen molar-refractivity contribution in [1.82, 2.24) is 0 Å². The number of hydrogen-bond acceptors (Lipinski definition) is 5. The second-order valence-corrected chi connectivity index (χ2v) is 8.75. The van der Waals surface area contributed by atoms with Gasteiger partial charge >= 0.3 is 5.97 Å². The molecule has 1 aromatic carbocycles. The highest BCUT2D eigenvalue weighted by atomic mass is 79.9. The van der Waals surface area contributed by atoms with Crippen LogP contribution in [0.15, 0.2) is 46.3 Å². The first kappa shape index (κ1) is 21.8. The molecule has 2 unspecified atom stereocenters. The van der Waals surface area contributed by atoms with E-state index < -0.39 is 11.9 Å². The average molecular weight is 477 g/mol. The summed E-state index contributed by atoms with van der Waals surface area (Å²) in [4.78, 5) is 26.6. The van der Waals surface area contributed by atoms with Gasteiger partial charge in [0.2, 0.25) is 0 Å². The van der Waals surface area contributed by atoms with E-state index in [4.69, 9.17) is 9.47 Å². The van der Waals surface area contributed by atoms with Gasteiger partial charge in [0.05, 0.1) is 13.2 Å². The first-order valence-electron chi connectivity index (χ1n) is 9.92. The van der Waals surface area contributed by atoms with Gasteiger partial charge in [-0.25, -0.2) is 0 Å². The Balaban J connectivity index is 1.90. The molecule has 3 rings (SSSR count). The number of rotatable bonds is 8. The molecule has 6 heteroatoms. The molecule has 0 bridgehead atoms. The molecule has 1 heterocycles. The molecule has 0 saturated heterocycles. The summed E-state index contributed by atoms with van der Waals surface area (Å²) in [5.41, 5.74) is 1.89. The fourth-order valence-corrected chi connectivity index (χ4v) is 5.18. The van der Waals surface area contributed by atoms with E-state index >= 15 is 0 Å². The van der Waals surface area contributed by atoms with Crippen LogP contribution in [0.1, 0.15) is 49.5 Å². The number of ketones is 1. The van der Waals surface area contributed by atoms with Crippen LogP contribution in [0, 0.1) is 5.92 Å². The van der Waals surface area contributed by atoms with E-state index in [1.807, 2.05) is 35.7 Å². The van der Waals surface area contributed by atoms with Crippen molar-refractivity contribution < 1.29 is 19.1 Å². The molecule has 1 aliphatic carbocycles. The Bertz CT molecular complexity index is 885. The zero-order valence-electron chi connectivity index (χ0n) is 16.7. The number of benzene rings is 1. The molecule has 0 radical (unpaired) electrons. The number of carbonyl (C=O) groups excluding carboxylic acids is 2. The SMILES string of the molecule is CCCCOc1ccc(C2CC(c3sccc3Br)=CC(=O)C2C(=O)OCC)cc1. The van der Waals surface area contributed by atoms with Crippen LogP contribution in [-0.4, -0.2) is 25.0 Å². The van der Waals surface area contributed by atoms with Gasteiger partial charge in [0.15, 0.2) is 5.78 Å². The summed E-state index contributed by atoms with van der Waals surface area (Å²) in [5, 5.41) is 1.99. The van der Waals surface area contributed by atoms with Crippen molar-refractivity contribution in [2.45, 2.75) is 39.0 Å². The Kier molecular flexibility index (Phi) is 7.67. The van der Waals surface area contributed by atoms with E-state index in [1.54, 1.807) is 24.3 Å². The standard InChI is InChI=1S/C23H25BrO4S/c1-3-5-11-28-17-8-6-15(7-9-17)18-13-16(22-19(24)10-12-29-22)14-20(25)21(18)23(26)27-4-2/h6-10,12,14,18,21H,3-5,11,13H2,1-2H3. The maximum absolute atomic E-state index is 12.9. The van der Waals surface area contributed by atoms with Crippen molar-refractivity contribution in [3.8, 4) is 5.75 Å². The van der Waals surface area contributed by atoms with Gasteiger partial charge in [-0.05, 0) is 76.5 Å². The third-order valence-electron chi connectivity index (χ3n) is 4.99. The summed E-state index contributed by atoms with van der Waals surface area (Å²) in [6, 6.07) is 9.71. The first-order chi connectivity index (χ1) is 14.0. The monoisotopic (exact) mass is 476 g/mol. The molecule has 4 nitrogen and oxygen atoms in total. The molecule has 0 spiro atoms. The Morgan fingerprint density at radius 2 is 1.97 bits per heavy atom. The van der Waals surface area contributed by atoms with Crippen LogP contribution in [0.4, 0.5) is 0 Å². The van der Waals surface area contributed by atoms with Gasteiger partial charge in [0.1, 0.15) is 11.7 Å². The zero-order valence-corrected chi connectivity index (χ0v) is 19.1. The third kappa shape index (κ3) is 5.17. The quantitative estimate of drug-likeness (QED) is 0.266. The van der Waals surface area contributed by atoms with Crippen molar-refractivity contribution in [2.24, 2.45) is 5.92 Å². The number of unbranched alkanes of at least 4 members (excludes halogenated alkanes) is 1. The minimum atomic E-state index is -0.815. The predicted octanol–water partition coefficient (Wildman–Crippen LogP) is 6.01. The summed E-state index contributed by atoms with van der Waals surface area (Å²) in [6.07, 6.45) is 4.30. The molecule has 0 fully saturated rings. The number of halogens is 1. The smallest absolute Gasteiger partial charge is 0.317 e. The fourth-order valence-electron chi connectivity index (χ4n) is 3.52. The minimum Gasteiger partial charge on any atom is -0.494 e. The predicted molar refractivity (Wildman–Crippen MR) is 119 cm³/mol. The summed E-state index contributed by atoms with van der Waals surface area (Å²) in [6.45, 7) is 4.82. The van der Waals surface area contributed by atoms with Crippen LogP contribution < -0.4 is 4.74 Å². The summed E-state index contributed by atoms with van der Waals surface area (Å²) < 4.78 is 11.9. The van der Waals surface area contributed by atoms with Gasteiger partial charge in [0, 0.05) is 15.3 Å². The number of allylic oxidation sites excluding steroid dienone is 2. The van der Waals surface area contributed by atoms with E-state index in [0.717, 1.165) is 39.1 Å². The number of carbonyl (C=O) groups is 2. The number of ether oxygens (including phenoxy) is 2. The van der Waals surface area contributed by atoms with Crippen molar-refractivity contribution >= 4 is 44.6 Å². The lowest BCUT2D eigenvalue weighted by molar-refractivity contribution is -0.151. The molecule has 2 aromatic rings. The first-order valence-corrected chi connectivity index (χ1v) is 11.6. The topological polar surface area (TPSA) is 52.6 Å². The third-order valence-corrected chi connectivity index (χ3v) is 6.90. The Hall–Kier alpha value is -1.92. The van der Waals surface area contributed by atoms with Crippen molar-refractivity contribution in [1.29, 1.82) is 0 Å². The van der Waals surface area contributed by atoms with E-state index in [2.05, 4.69) is 22.9 Å². The van der Waals surface area contributed by atoms with Crippen molar-refractivity contribution in [2.75, 3.05) is 13.2 Å². The van der Waals surface area contributed by atoms with Crippen LogP contribution in [0.5, 0.6) is 5.75 Å². The molecule has 0 N–H and O–H groups in total. The van der Waals surface area contributed by atoms with Crippen LogP contribution in [-0.2, 0) is 14.3 Å². The summed E-state index contributed by atoms with van der Waals surface area (Å²) in [7, 11) is 0. The van der Waals surface area contributed by atoms with E-state index in [1.165, 1.54) is 0 Å². The lowest BCUT2D eigenvalue weighted by atomic mass is 9.74. The zero-order chi connectivity index (χ0) is 20.8. The summed E-state index contributed by atoms with van der Waals surface area (Å²) >= 11 is 5.14. The molecule has 0 saturated carbocycles. The van der Waals surface area contributed by atoms with Crippen molar-refractivity contribution in [3.05, 3.63) is 56.7 Å². The normalized spacial score (nSPS) is 19.0. The minimum absolute atomic E-state index is 0.196. The van der Waals surface area contributed by atoms with Crippen LogP contribution in [0.2, 0.25) is 0 Å². The number of thiophene rings is 1. The average Bonchev–Trinajstić information content (AvgIpc) is 3.14. The molecule has 1 aliphatic rings. The van der Waals surface area contributed by atoms with E-state index in [9.17, 15) is 9.59 Å². The molecular weight excluding hydrogens is 452 g/mol. The van der Waals surface area contributed by atoms with Gasteiger partial charge < -0.3 is 9.47 Å². The van der Waals surface area contributed by atoms with Crippen LogP contribution >= 0.6 is 27.3 Å². The fraction of sp³-hybridized carbons (Fsp3) is 0.391. The maximum atomic E-state index is 12.9. The molecular formula is C23H25BrO4S. The van der Waals surface area contributed by atoms with Crippen molar-refractivity contribution in [3.63, 3.8) is 0 Å². The van der Waals surface area contributed by atoms with Gasteiger partial charge in [-0.1, -0.05) is 25.5 Å². The molecule has 2 atom stereocenters. The van der Waals surface area contributed by atoms with Gasteiger partial charge in [-0.2, -0.15) is 0 Å².